The molecule has 0 heterocycles. The van der Waals surface area contributed by atoms with Gasteiger partial charge in [-0.15, -0.1) is 0 Å². The Kier molecular flexibility index (Phi) is 6.57. The van der Waals surface area contributed by atoms with Crippen LogP contribution >= 0.6 is 0 Å². The molecule has 7 nitrogen and oxygen atoms in total. The summed E-state index contributed by atoms with van der Waals surface area (Å²) >= 11 is 0. The van der Waals surface area contributed by atoms with Crippen LogP contribution < -0.4 is 10.0 Å². The van der Waals surface area contributed by atoms with Gasteiger partial charge in [0.1, 0.15) is 0 Å². The van der Waals surface area contributed by atoms with Gasteiger partial charge in [0.2, 0.25) is 0 Å². The fourth-order valence-corrected chi connectivity index (χ4v) is 3.47. The third kappa shape index (κ3) is 5.82. The number of sulfonamides is 1. The number of amides is 1. The summed E-state index contributed by atoms with van der Waals surface area (Å²) in [6.45, 7) is 3.80. The van der Waals surface area contributed by atoms with Crippen molar-refractivity contribution in [1.29, 1.82) is 0 Å². The Morgan fingerprint density at radius 2 is 1.70 bits per heavy atom. The lowest BCUT2D eigenvalue weighted by molar-refractivity contribution is -0.137. The largest absolute Gasteiger partial charge is 0.481 e. The van der Waals surface area contributed by atoms with Crippen molar-refractivity contribution in [3.8, 4) is 0 Å². The van der Waals surface area contributed by atoms with E-state index >= 15 is 0 Å². The first-order valence-corrected chi connectivity index (χ1v) is 9.87. The minimum atomic E-state index is -3.84. The molecule has 2 aromatic rings. The monoisotopic (exact) mass is 390 g/mol. The summed E-state index contributed by atoms with van der Waals surface area (Å²) in [5.41, 5.74) is 2.30. The summed E-state index contributed by atoms with van der Waals surface area (Å²) < 4.78 is 27.7. The third-order valence-corrected chi connectivity index (χ3v) is 5.30. The van der Waals surface area contributed by atoms with Crippen molar-refractivity contribution in [2.24, 2.45) is 0 Å². The maximum absolute atomic E-state index is 12.6. The van der Waals surface area contributed by atoms with E-state index in [2.05, 4.69) is 10.0 Å². The molecule has 0 aromatic heterocycles. The Hall–Kier alpha value is -2.87. The average molecular weight is 390 g/mol. The Bertz CT molecular complexity index is 937. The SMILES string of the molecule is Cc1ccc(NS(=O)(=O)c2ccc(C)c(C(=O)NCCCC(=O)O)c2)cc1. The van der Waals surface area contributed by atoms with Crippen LogP contribution in [0.2, 0.25) is 0 Å². The van der Waals surface area contributed by atoms with E-state index < -0.39 is 21.9 Å². The van der Waals surface area contributed by atoms with Gasteiger partial charge in [0.25, 0.3) is 15.9 Å². The molecule has 0 aliphatic rings. The van der Waals surface area contributed by atoms with Gasteiger partial charge >= 0.3 is 5.97 Å². The number of carboxylic acids is 1. The molecule has 0 unspecified atom stereocenters. The zero-order valence-electron chi connectivity index (χ0n) is 15.2. The highest BCUT2D eigenvalue weighted by Gasteiger charge is 2.18. The lowest BCUT2D eigenvalue weighted by Crippen LogP contribution is -2.26. The summed E-state index contributed by atoms with van der Waals surface area (Å²) in [6.07, 6.45) is 0.251. The number of benzene rings is 2. The minimum absolute atomic E-state index is 0.0237. The van der Waals surface area contributed by atoms with Crippen LogP contribution in [0, 0.1) is 13.8 Å². The van der Waals surface area contributed by atoms with E-state index in [4.69, 9.17) is 5.11 Å². The molecule has 0 atom stereocenters. The van der Waals surface area contributed by atoms with Crippen molar-refractivity contribution in [2.45, 2.75) is 31.6 Å². The lowest BCUT2D eigenvalue weighted by Gasteiger charge is -2.12. The van der Waals surface area contributed by atoms with Crippen molar-refractivity contribution in [1.82, 2.24) is 5.32 Å². The van der Waals surface area contributed by atoms with E-state index in [1.54, 1.807) is 37.3 Å². The Morgan fingerprint density at radius 3 is 2.33 bits per heavy atom. The summed E-state index contributed by atoms with van der Waals surface area (Å²) in [5.74, 6) is -1.37. The molecule has 8 heteroatoms. The molecule has 0 saturated carbocycles. The second kappa shape index (κ2) is 8.68. The van der Waals surface area contributed by atoms with Crippen LogP contribution in [0.3, 0.4) is 0 Å². The highest BCUT2D eigenvalue weighted by Crippen LogP contribution is 2.19. The fourth-order valence-electron chi connectivity index (χ4n) is 2.39. The van der Waals surface area contributed by atoms with E-state index in [1.165, 1.54) is 12.1 Å². The topological polar surface area (TPSA) is 113 Å². The van der Waals surface area contributed by atoms with Crippen LogP contribution in [0.4, 0.5) is 5.69 Å². The van der Waals surface area contributed by atoms with Crippen molar-refractivity contribution in [3.05, 3.63) is 59.2 Å². The first kappa shape index (κ1) is 20.4. The lowest BCUT2D eigenvalue weighted by atomic mass is 10.1. The van der Waals surface area contributed by atoms with Crippen molar-refractivity contribution >= 4 is 27.6 Å². The van der Waals surface area contributed by atoms with E-state index in [9.17, 15) is 18.0 Å². The highest BCUT2D eigenvalue weighted by molar-refractivity contribution is 7.92. The quantitative estimate of drug-likeness (QED) is 0.600. The van der Waals surface area contributed by atoms with E-state index in [1.807, 2.05) is 6.92 Å². The first-order chi connectivity index (χ1) is 12.7. The molecule has 2 aromatic carbocycles. The standard InChI is InChI=1S/C19H22N2O5S/c1-13-5-8-15(9-6-13)21-27(25,26)16-10-7-14(2)17(12-16)19(24)20-11-3-4-18(22)23/h5-10,12,21H,3-4,11H2,1-2H3,(H,20,24)(H,22,23). The molecule has 0 aliphatic heterocycles. The van der Waals surface area contributed by atoms with Crippen LogP contribution in [0.25, 0.3) is 0 Å². The zero-order chi connectivity index (χ0) is 20.0. The number of aryl methyl sites for hydroxylation is 2. The minimum Gasteiger partial charge on any atom is -0.481 e. The van der Waals surface area contributed by atoms with Gasteiger partial charge in [-0.05, 0) is 50.1 Å². The summed E-state index contributed by atoms with van der Waals surface area (Å²) in [7, 11) is -3.84. The molecular formula is C19H22N2O5S. The van der Waals surface area contributed by atoms with Gasteiger partial charge in [0, 0.05) is 24.2 Å². The van der Waals surface area contributed by atoms with Crippen LogP contribution in [-0.4, -0.2) is 31.9 Å². The number of hydrogen-bond donors (Lipinski definition) is 3. The molecule has 27 heavy (non-hydrogen) atoms. The van der Waals surface area contributed by atoms with Crippen molar-refractivity contribution in [2.75, 3.05) is 11.3 Å². The van der Waals surface area contributed by atoms with E-state index in [0.717, 1.165) is 5.56 Å². The normalized spacial score (nSPS) is 11.0. The highest BCUT2D eigenvalue weighted by atomic mass is 32.2. The molecule has 1 amide bonds. The molecule has 0 aliphatic carbocycles. The number of hydrogen-bond acceptors (Lipinski definition) is 4. The van der Waals surface area contributed by atoms with Crippen molar-refractivity contribution in [3.63, 3.8) is 0 Å². The predicted octanol–water partition coefficient (Wildman–Crippen LogP) is 2.70. The second-order valence-electron chi connectivity index (χ2n) is 6.20. The van der Waals surface area contributed by atoms with Gasteiger partial charge in [-0.3, -0.25) is 14.3 Å². The maximum atomic E-state index is 12.6. The molecule has 144 valence electrons. The van der Waals surface area contributed by atoms with Crippen molar-refractivity contribution < 1.29 is 23.1 Å². The maximum Gasteiger partial charge on any atom is 0.303 e. The summed E-state index contributed by atoms with van der Waals surface area (Å²) in [6, 6.07) is 11.2. The summed E-state index contributed by atoms with van der Waals surface area (Å²) in [4.78, 5) is 22.8. The van der Waals surface area contributed by atoms with Gasteiger partial charge in [-0.1, -0.05) is 23.8 Å². The zero-order valence-corrected chi connectivity index (χ0v) is 16.0. The fraction of sp³-hybridized carbons (Fsp3) is 0.263. The number of carboxylic acid groups (broad SMARTS) is 1. The number of carbonyl (C=O) groups excluding carboxylic acids is 1. The number of carbonyl (C=O) groups is 2. The number of anilines is 1. The summed E-state index contributed by atoms with van der Waals surface area (Å²) in [5, 5.41) is 11.2. The van der Waals surface area contributed by atoms with Gasteiger partial charge in [0.15, 0.2) is 0 Å². The van der Waals surface area contributed by atoms with Gasteiger partial charge in [-0.2, -0.15) is 0 Å². The molecule has 2 rings (SSSR count). The third-order valence-electron chi connectivity index (χ3n) is 3.92. The Labute approximate surface area is 158 Å². The predicted molar refractivity (Wildman–Crippen MR) is 102 cm³/mol. The van der Waals surface area contributed by atoms with Gasteiger partial charge < -0.3 is 10.4 Å². The van der Waals surface area contributed by atoms with Crippen LogP contribution in [0.15, 0.2) is 47.4 Å². The molecule has 0 spiro atoms. The Morgan fingerprint density at radius 1 is 1.04 bits per heavy atom. The van der Waals surface area contributed by atoms with Crippen LogP contribution in [-0.2, 0) is 14.8 Å². The van der Waals surface area contributed by atoms with Gasteiger partial charge in [-0.25, -0.2) is 8.42 Å². The number of aliphatic carboxylic acids is 1. The van der Waals surface area contributed by atoms with Crippen LogP contribution in [0.1, 0.15) is 34.3 Å². The number of nitrogens with one attached hydrogen (secondary N) is 2. The second-order valence-corrected chi connectivity index (χ2v) is 7.88. The smallest absolute Gasteiger partial charge is 0.303 e. The molecule has 0 radical (unpaired) electrons. The average Bonchev–Trinajstić information content (AvgIpc) is 2.60. The molecular weight excluding hydrogens is 368 g/mol. The number of rotatable bonds is 8. The van der Waals surface area contributed by atoms with Crippen LogP contribution in [0.5, 0.6) is 0 Å². The molecule has 3 N–H and O–H groups in total. The van der Waals surface area contributed by atoms with E-state index in [0.29, 0.717) is 17.7 Å². The Balaban J connectivity index is 2.16. The van der Waals surface area contributed by atoms with E-state index in [-0.39, 0.29) is 23.4 Å². The molecule has 0 bridgehead atoms. The molecule has 0 saturated heterocycles. The first-order valence-electron chi connectivity index (χ1n) is 8.39. The molecule has 0 fully saturated rings. The van der Waals surface area contributed by atoms with Gasteiger partial charge in [0.05, 0.1) is 4.90 Å².